The third-order valence-corrected chi connectivity index (χ3v) is 3.46. The van der Waals surface area contributed by atoms with Gasteiger partial charge in [0.05, 0.1) is 6.42 Å². The predicted molar refractivity (Wildman–Crippen MR) is 65.8 cm³/mol. The Labute approximate surface area is 110 Å². The summed E-state index contributed by atoms with van der Waals surface area (Å²) in [6, 6.07) is 4.69. The van der Waals surface area contributed by atoms with Gasteiger partial charge in [-0.05, 0) is 34.1 Å². The quantitative estimate of drug-likeness (QED) is 0.770. The number of nitrogens with zero attached hydrogens (tertiary/aromatic N) is 1. The Morgan fingerprint density at radius 2 is 2.00 bits per heavy atom. The number of aromatic nitrogens is 1. The molecular formula is C12H9BrF3NO. The van der Waals surface area contributed by atoms with Crippen molar-refractivity contribution >= 4 is 33.1 Å². The van der Waals surface area contributed by atoms with Crippen LogP contribution in [-0.2, 0) is 13.5 Å². The van der Waals surface area contributed by atoms with Crippen molar-refractivity contribution in [2.45, 2.75) is 12.6 Å². The molecule has 0 saturated carbocycles. The fraction of sp³-hybridized carbons (Fsp3) is 0.250. The van der Waals surface area contributed by atoms with Gasteiger partial charge < -0.3 is 4.57 Å². The lowest BCUT2D eigenvalue weighted by Crippen LogP contribution is -2.13. The molecule has 0 spiro atoms. The second-order valence-corrected chi connectivity index (χ2v) is 4.89. The van der Waals surface area contributed by atoms with Crippen LogP contribution in [0.5, 0.6) is 0 Å². The van der Waals surface area contributed by atoms with Gasteiger partial charge in [-0.1, -0.05) is 0 Å². The van der Waals surface area contributed by atoms with Crippen LogP contribution in [0.2, 0.25) is 0 Å². The summed E-state index contributed by atoms with van der Waals surface area (Å²) in [5.74, 6) is 0. The standard InChI is InChI=1S/C12H9BrF3NO/c1-17-9(5-12(14,15)16)3-7-2-8(6-18)10(13)4-11(7)17/h2-4,6H,5H2,1H3. The van der Waals surface area contributed by atoms with Crippen molar-refractivity contribution in [3.8, 4) is 0 Å². The number of benzene rings is 1. The summed E-state index contributed by atoms with van der Waals surface area (Å²) in [5, 5.41) is 0.627. The van der Waals surface area contributed by atoms with Gasteiger partial charge in [0.2, 0.25) is 0 Å². The number of aldehydes is 1. The van der Waals surface area contributed by atoms with Crippen molar-refractivity contribution in [1.82, 2.24) is 4.57 Å². The smallest absolute Gasteiger partial charge is 0.347 e. The van der Waals surface area contributed by atoms with E-state index in [0.29, 0.717) is 27.2 Å². The molecule has 0 unspecified atom stereocenters. The Bertz CT molecular complexity index is 616. The van der Waals surface area contributed by atoms with Gasteiger partial charge in [0.15, 0.2) is 6.29 Å². The van der Waals surface area contributed by atoms with E-state index in [9.17, 15) is 18.0 Å². The SMILES string of the molecule is Cn1c(CC(F)(F)F)cc2cc(C=O)c(Br)cc21. The summed E-state index contributed by atoms with van der Waals surface area (Å²) >= 11 is 3.22. The molecule has 18 heavy (non-hydrogen) atoms. The number of carbonyl (C=O) groups excluding carboxylic acids is 1. The molecule has 96 valence electrons. The number of aryl methyl sites for hydroxylation is 1. The maximum Gasteiger partial charge on any atom is 0.394 e. The number of halogens is 4. The number of alkyl halides is 3. The molecule has 1 heterocycles. The average Bonchev–Trinajstić information content (AvgIpc) is 2.53. The Morgan fingerprint density at radius 3 is 2.56 bits per heavy atom. The first kappa shape index (κ1) is 13.1. The van der Waals surface area contributed by atoms with Crippen molar-refractivity contribution in [2.24, 2.45) is 7.05 Å². The normalized spacial score (nSPS) is 12.1. The number of hydrogen-bond donors (Lipinski definition) is 0. The van der Waals surface area contributed by atoms with E-state index in [2.05, 4.69) is 15.9 Å². The third-order valence-electron chi connectivity index (χ3n) is 2.77. The minimum Gasteiger partial charge on any atom is -0.347 e. The molecule has 0 aliphatic rings. The van der Waals surface area contributed by atoms with E-state index in [1.807, 2.05) is 0 Å². The van der Waals surface area contributed by atoms with Crippen molar-refractivity contribution in [1.29, 1.82) is 0 Å². The molecule has 0 bridgehead atoms. The fourth-order valence-electron chi connectivity index (χ4n) is 1.90. The predicted octanol–water partition coefficient (Wildman–Crippen LogP) is 3.86. The summed E-state index contributed by atoms with van der Waals surface area (Å²) in [6.07, 6.45) is -4.56. The molecule has 2 nitrogen and oxygen atoms in total. The minimum atomic E-state index is -4.24. The molecule has 2 aromatic rings. The molecule has 0 amide bonds. The number of hydrogen-bond acceptors (Lipinski definition) is 1. The first-order valence-electron chi connectivity index (χ1n) is 5.11. The third kappa shape index (κ3) is 2.43. The van der Waals surface area contributed by atoms with Crippen molar-refractivity contribution in [3.63, 3.8) is 0 Å². The summed E-state index contributed by atoms with van der Waals surface area (Å²) < 4.78 is 39.2. The van der Waals surface area contributed by atoms with Gasteiger partial charge in [-0.3, -0.25) is 4.79 Å². The second-order valence-electron chi connectivity index (χ2n) is 4.04. The highest BCUT2D eigenvalue weighted by atomic mass is 79.9. The lowest BCUT2D eigenvalue weighted by Gasteiger charge is -2.07. The van der Waals surface area contributed by atoms with E-state index in [1.54, 1.807) is 19.2 Å². The zero-order chi connectivity index (χ0) is 13.5. The molecule has 2 rings (SSSR count). The molecule has 0 atom stereocenters. The maximum absolute atomic E-state index is 12.4. The second kappa shape index (κ2) is 4.42. The molecule has 0 saturated heterocycles. The van der Waals surface area contributed by atoms with Gasteiger partial charge >= 0.3 is 6.18 Å². The topological polar surface area (TPSA) is 22.0 Å². The van der Waals surface area contributed by atoms with Crippen LogP contribution in [0.4, 0.5) is 13.2 Å². The summed E-state index contributed by atoms with van der Waals surface area (Å²) in [4.78, 5) is 10.8. The largest absolute Gasteiger partial charge is 0.394 e. The number of fused-ring (bicyclic) bond motifs is 1. The van der Waals surface area contributed by atoms with Crippen LogP contribution >= 0.6 is 15.9 Å². The molecule has 0 fully saturated rings. The van der Waals surface area contributed by atoms with E-state index < -0.39 is 12.6 Å². The van der Waals surface area contributed by atoms with Crippen LogP contribution in [-0.4, -0.2) is 17.0 Å². The first-order valence-corrected chi connectivity index (χ1v) is 5.91. The van der Waals surface area contributed by atoms with E-state index in [0.717, 1.165) is 0 Å². The van der Waals surface area contributed by atoms with Gasteiger partial charge in [-0.15, -0.1) is 0 Å². The molecule has 1 aromatic heterocycles. The highest BCUT2D eigenvalue weighted by Gasteiger charge is 2.29. The summed E-state index contributed by atoms with van der Waals surface area (Å²) in [5.41, 5.74) is 1.26. The molecule has 6 heteroatoms. The van der Waals surface area contributed by atoms with Gasteiger partial charge in [0.25, 0.3) is 0 Å². The molecule has 0 aliphatic heterocycles. The Balaban J connectivity index is 2.59. The number of rotatable bonds is 2. The van der Waals surface area contributed by atoms with Gasteiger partial charge in [0, 0.05) is 33.7 Å². The summed E-state index contributed by atoms with van der Waals surface area (Å²) in [6.45, 7) is 0. The van der Waals surface area contributed by atoms with Crippen LogP contribution in [0.15, 0.2) is 22.7 Å². The van der Waals surface area contributed by atoms with E-state index in [4.69, 9.17) is 0 Å². The van der Waals surface area contributed by atoms with Crippen molar-refractivity contribution < 1.29 is 18.0 Å². The zero-order valence-electron chi connectivity index (χ0n) is 9.38. The minimum absolute atomic E-state index is 0.174. The maximum atomic E-state index is 12.4. The van der Waals surface area contributed by atoms with Gasteiger partial charge in [-0.25, -0.2) is 0 Å². The lowest BCUT2D eigenvalue weighted by atomic mass is 10.1. The van der Waals surface area contributed by atoms with Crippen LogP contribution < -0.4 is 0 Å². The van der Waals surface area contributed by atoms with E-state index >= 15 is 0 Å². The zero-order valence-corrected chi connectivity index (χ0v) is 11.0. The van der Waals surface area contributed by atoms with Crippen LogP contribution in [0.25, 0.3) is 10.9 Å². The highest BCUT2D eigenvalue weighted by molar-refractivity contribution is 9.10. The Kier molecular flexibility index (Phi) is 3.23. The summed E-state index contributed by atoms with van der Waals surface area (Å²) in [7, 11) is 1.58. The Hall–Kier alpha value is -1.30. The Morgan fingerprint density at radius 1 is 1.33 bits per heavy atom. The molecule has 0 N–H and O–H groups in total. The van der Waals surface area contributed by atoms with Crippen LogP contribution in [0.1, 0.15) is 16.1 Å². The average molecular weight is 320 g/mol. The molecule has 0 aliphatic carbocycles. The van der Waals surface area contributed by atoms with Crippen molar-refractivity contribution in [2.75, 3.05) is 0 Å². The molecular weight excluding hydrogens is 311 g/mol. The molecule has 1 aromatic carbocycles. The monoisotopic (exact) mass is 319 g/mol. The lowest BCUT2D eigenvalue weighted by molar-refractivity contribution is -0.128. The highest BCUT2D eigenvalue weighted by Crippen LogP contribution is 2.29. The van der Waals surface area contributed by atoms with Crippen LogP contribution in [0, 0.1) is 0 Å². The number of carbonyl (C=O) groups is 1. The molecule has 0 radical (unpaired) electrons. The van der Waals surface area contributed by atoms with Crippen molar-refractivity contribution in [3.05, 3.63) is 33.9 Å². The van der Waals surface area contributed by atoms with E-state index in [-0.39, 0.29) is 5.69 Å². The van der Waals surface area contributed by atoms with Gasteiger partial charge in [-0.2, -0.15) is 13.2 Å². The van der Waals surface area contributed by atoms with Crippen LogP contribution in [0.3, 0.4) is 0 Å². The fourth-order valence-corrected chi connectivity index (χ4v) is 2.32. The first-order chi connectivity index (χ1) is 8.31. The van der Waals surface area contributed by atoms with Gasteiger partial charge in [0.1, 0.15) is 0 Å². The van der Waals surface area contributed by atoms with E-state index in [1.165, 1.54) is 10.6 Å².